The fraction of sp³-hybridized carbons (Fsp3) is 0.231. The summed E-state index contributed by atoms with van der Waals surface area (Å²) in [5.41, 5.74) is 7.20. The van der Waals surface area contributed by atoms with Crippen molar-refractivity contribution in [1.82, 2.24) is 9.78 Å². The standard InChI is InChI=1S/C13H15FN4O/c1-3-18-12(11(15)7-16-18)13(19)17-9-5-4-8(2)10(14)6-9/h4-7H,3,15H2,1-2H3,(H,17,19). The highest BCUT2D eigenvalue weighted by atomic mass is 19.1. The van der Waals surface area contributed by atoms with E-state index in [0.717, 1.165) is 0 Å². The van der Waals surface area contributed by atoms with E-state index >= 15 is 0 Å². The molecule has 1 aromatic carbocycles. The highest BCUT2D eigenvalue weighted by Crippen LogP contribution is 2.17. The van der Waals surface area contributed by atoms with Crippen LogP contribution in [0.4, 0.5) is 15.8 Å². The van der Waals surface area contributed by atoms with Gasteiger partial charge >= 0.3 is 0 Å². The van der Waals surface area contributed by atoms with E-state index in [-0.39, 0.29) is 11.5 Å². The van der Waals surface area contributed by atoms with Gasteiger partial charge in [-0.25, -0.2) is 4.39 Å². The van der Waals surface area contributed by atoms with Gasteiger partial charge in [-0.05, 0) is 31.5 Å². The van der Waals surface area contributed by atoms with Gasteiger partial charge in [0.1, 0.15) is 11.5 Å². The van der Waals surface area contributed by atoms with Crippen molar-refractivity contribution < 1.29 is 9.18 Å². The number of aryl methyl sites for hydroxylation is 2. The van der Waals surface area contributed by atoms with Gasteiger partial charge in [0.25, 0.3) is 5.91 Å². The lowest BCUT2D eigenvalue weighted by atomic mass is 10.2. The van der Waals surface area contributed by atoms with Crippen LogP contribution in [0.5, 0.6) is 0 Å². The van der Waals surface area contributed by atoms with Crippen LogP contribution in [0.3, 0.4) is 0 Å². The summed E-state index contributed by atoms with van der Waals surface area (Å²) in [7, 11) is 0. The first-order chi connectivity index (χ1) is 9.02. The second-order valence-corrected chi connectivity index (χ2v) is 4.18. The lowest BCUT2D eigenvalue weighted by Crippen LogP contribution is -2.18. The van der Waals surface area contributed by atoms with Crippen molar-refractivity contribution in [3.05, 3.63) is 41.5 Å². The van der Waals surface area contributed by atoms with E-state index in [1.807, 2.05) is 6.92 Å². The van der Waals surface area contributed by atoms with Gasteiger partial charge in [-0.1, -0.05) is 6.07 Å². The van der Waals surface area contributed by atoms with E-state index in [0.29, 0.717) is 23.5 Å². The Morgan fingerprint density at radius 1 is 1.53 bits per heavy atom. The molecule has 1 amide bonds. The van der Waals surface area contributed by atoms with Gasteiger partial charge < -0.3 is 11.1 Å². The number of benzene rings is 1. The predicted molar refractivity (Wildman–Crippen MR) is 71.4 cm³/mol. The van der Waals surface area contributed by atoms with Crippen LogP contribution in [0.25, 0.3) is 0 Å². The third-order valence-electron chi connectivity index (χ3n) is 2.81. The number of amides is 1. The zero-order valence-electron chi connectivity index (χ0n) is 10.8. The first-order valence-corrected chi connectivity index (χ1v) is 5.91. The van der Waals surface area contributed by atoms with E-state index in [9.17, 15) is 9.18 Å². The molecule has 2 aromatic rings. The third-order valence-corrected chi connectivity index (χ3v) is 2.81. The van der Waals surface area contributed by atoms with Gasteiger partial charge in [-0.3, -0.25) is 9.48 Å². The molecule has 6 heteroatoms. The average Bonchev–Trinajstić information content (AvgIpc) is 2.75. The molecule has 19 heavy (non-hydrogen) atoms. The Morgan fingerprint density at radius 2 is 2.26 bits per heavy atom. The van der Waals surface area contributed by atoms with Crippen LogP contribution in [0.1, 0.15) is 23.0 Å². The number of anilines is 2. The highest BCUT2D eigenvalue weighted by molar-refractivity contribution is 6.06. The van der Waals surface area contributed by atoms with E-state index in [1.54, 1.807) is 19.1 Å². The fourth-order valence-corrected chi connectivity index (χ4v) is 1.75. The summed E-state index contributed by atoms with van der Waals surface area (Å²) in [5.74, 6) is -0.769. The Labute approximate surface area is 110 Å². The summed E-state index contributed by atoms with van der Waals surface area (Å²) >= 11 is 0. The number of carbonyl (C=O) groups is 1. The average molecular weight is 262 g/mol. The monoisotopic (exact) mass is 262 g/mol. The van der Waals surface area contributed by atoms with Crippen molar-refractivity contribution in [1.29, 1.82) is 0 Å². The van der Waals surface area contributed by atoms with Crippen molar-refractivity contribution in [2.75, 3.05) is 11.1 Å². The number of carbonyl (C=O) groups excluding carboxylic acids is 1. The molecule has 0 bridgehead atoms. The van der Waals surface area contributed by atoms with Gasteiger partial charge in [0.15, 0.2) is 0 Å². The van der Waals surface area contributed by atoms with Crippen LogP contribution < -0.4 is 11.1 Å². The molecule has 5 nitrogen and oxygen atoms in total. The Balaban J connectivity index is 2.25. The Kier molecular flexibility index (Phi) is 3.50. The maximum atomic E-state index is 13.4. The molecule has 0 fully saturated rings. The summed E-state index contributed by atoms with van der Waals surface area (Å²) < 4.78 is 14.9. The van der Waals surface area contributed by atoms with Crippen LogP contribution in [0, 0.1) is 12.7 Å². The molecule has 0 unspecified atom stereocenters. The molecule has 3 N–H and O–H groups in total. The normalized spacial score (nSPS) is 10.5. The molecule has 0 spiro atoms. The SMILES string of the molecule is CCn1ncc(N)c1C(=O)Nc1ccc(C)c(F)c1. The quantitative estimate of drug-likeness (QED) is 0.890. The van der Waals surface area contributed by atoms with Crippen LogP contribution in [0.15, 0.2) is 24.4 Å². The number of rotatable bonds is 3. The van der Waals surface area contributed by atoms with Crippen molar-refractivity contribution >= 4 is 17.3 Å². The van der Waals surface area contributed by atoms with Crippen molar-refractivity contribution in [3.8, 4) is 0 Å². The van der Waals surface area contributed by atoms with Crippen LogP contribution in [-0.4, -0.2) is 15.7 Å². The molecule has 0 aliphatic rings. The predicted octanol–water partition coefficient (Wildman–Crippen LogP) is 2.19. The molecule has 0 aliphatic carbocycles. The number of nitrogen functional groups attached to an aromatic ring is 1. The largest absolute Gasteiger partial charge is 0.396 e. The first kappa shape index (κ1) is 13.1. The van der Waals surface area contributed by atoms with Crippen LogP contribution >= 0.6 is 0 Å². The zero-order chi connectivity index (χ0) is 14.0. The second kappa shape index (κ2) is 5.09. The molecule has 100 valence electrons. The molecule has 0 atom stereocenters. The molecule has 1 aromatic heterocycles. The van der Waals surface area contributed by atoms with Gasteiger partial charge in [0.2, 0.25) is 0 Å². The minimum absolute atomic E-state index is 0.281. The molecule has 0 saturated heterocycles. The van der Waals surface area contributed by atoms with E-state index in [2.05, 4.69) is 10.4 Å². The first-order valence-electron chi connectivity index (χ1n) is 5.91. The minimum atomic E-state index is -0.403. The van der Waals surface area contributed by atoms with Crippen LogP contribution in [0.2, 0.25) is 0 Å². The molecular weight excluding hydrogens is 247 g/mol. The lowest BCUT2D eigenvalue weighted by molar-refractivity contribution is 0.101. The van der Waals surface area contributed by atoms with Crippen molar-refractivity contribution in [3.63, 3.8) is 0 Å². The molecule has 0 aliphatic heterocycles. The number of hydrogen-bond acceptors (Lipinski definition) is 3. The summed E-state index contributed by atoms with van der Waals surface area (Å²) in [6.45, 7) is 4.04. The smallest absolute Gasteiger partial charge is 0.276 e. The molecule has 0 radical (unpaired) electrons. The van der Waals surface area contributed by atoms with Gasteiger partial charge in [0, 0.05) is 12.2 Å². The maximum absolute atomic E-state index is 13.4. The lowest BCUT2D eigenvalue weighted by Gasteiger charge is -2.08. The van der Waals surface area contributed by atoms with E-state index < -0.39 is 5.91 Å². The van der Waals surface area contributed by atoms with E-state index in [1.165, 1.54) is 16.9 Å². The minimum Gasteiger partial charge on any atom is -0.396 e. The topological polar surface area (TPSA) is 72.9 Å². The highest BCUT2D eigenvalue weighted by Gasteiger charge is 2.16. The molecule has 0 saturated carbocycles. The Bertz CT molecular complexity index is 621. The number of nitrogens with one attached hydrogen (secondary N) is 1. The number of hydrogen-bond donors (Lipinski definition) is 2. The van der Waals surface area contributed by atoms with Crippen LogP contribution in [-0.2, 0) is 6.54 Å². The molecule has 2 rings (SSSR count). The number of halogens is 1. The van der Waals surface area contributed by atoms with Gasteiger partial charge in [-0.2, -0.15) is 5.10 Å². The van der Waals surface area contributed by atoms with Gasteiger partial charge in [-0.15, -0.1) is 0 Å². The number of aromatic nitrogens is 2. The number of nitrogens with zero attached hydrogens (tertiary/aromatic N) is 2. The Morgan fingerprint density at radius 3 is 2.89 bits per heavy atom. The summed E-state index contributed by atoms with van der Waals surface area (Å²) in [6.07, 6.45) is 1.42. The molecule has 1 heterocycles. The van der Waals surface area contributed by atoms with Gasteiger partial charge in [0.05, 0.1) is 11.9 Å². The summed E-state index contributed by atoms with van der Waals surface area (Å²) in [6, 6.07) is 4.51. The third kappa shape index (κ3) is 2.57. The maximum Gasteiger partial charge on any atom is 0.276 e. The fourth-order valence-electron chi connectivity index (χ4n) is 1.75. The number of nitrogens with two attached hydrogens (primary N) is 1. The van der Waals surface area contributed by atoms with Crippen molar-refractivity contribution in [2.45, 2.75) is 20.4 Å². The van der Waals surface area contributed by atoms with E-state index in [4.69, 9.17) is 5.73 Å². The Hall–Kier alpha value is -2.37. The van der Waals surface area contributed by atoms with Crippen molar-refractivity contribution in [2.24, 2.45) is 0 Å². The summed E-state index contributed by atoms with van der Waals surface area (Å²) in [5, 5.41) is 6.59. The second-order valence-electron chi connectivity index (χ2n) is 4.18. The zero-order valence-corrected chi connectivity index (χ0v) is 10.8. The molecular formula is C13H15FN4O. The summed E-state index contributed by atoms with van der Waals surface area (Å²) in [4.78, 5) is 12.1.